The summed E-state index contributed by atoms with van der Waals surface area (Å²) >= 11 is 10.1. The van der Waals surface area contributed by atoms with Gasteiger partial charge in [0.25, 0.3) is 0 Å². The molecule has 0 aromatic carbocycles. The normalized spacial score (nSPS) is 11.3. The van der Waals surface area contributed by atoms with E-state index < -0.39 is 7.15 Å². The second-order valence-electron chi connectivity index (χ2n) is 0.730. The first-order chi connectivity index (χ1) is 2.77. The molecule has 36 valence electrons. The SMILES string of the molecule is O=[P+](Cl)CCCl. The molecule has 6 heavy (non-hydrogen) atoms. The van der Waals surface area contributed by atoms with Crippen LogP contribution in [-0.2, 0) is 4.57 Å². The molecular weight excluding hydrogens is 142 g/mol. The summed E-state index contributed by atoms with van der Waals surface area (Å²) in [6, 6.07) is 0. The lowest BCUT2D eigenvalue weighted by Gasteiger charge is -1.62. The Bertz CT molecular complexity index is 55.5. The van der Waals surface area contributed by atoms with E-state index in [9.17, 15) is 4.57 Å². The maximum Gasteiger partial charge on any atom is 0.456 e. The molecule has 0 aromatic rings. The molecule has 0 saturated carbocycles. The Morgan fingerprint density at radius 3 is 2.17 bits per heavy atom. The molecule has 0 bridgehead atoms. The fourth-order valence-electron chi connectivity index (χ4n) is 0.0664. The highest BCUT2D eigenvalue weighted by molar-refractivity contribution is 7.73. The lowest BCUT2D eigenvalue weighted by atomic mass is 11.0. The summed E-state index contributed by atoms with van der Waals surface area (Å²) in [7, 11) is -1.51. The highest BCUT2D eigenvalue weighted by atomic mass is 35.7. The summed E-state index contributed by atoms with van der Waals surface area (Å²) < 4.78 is 9.87. The maximum absolute atomic E-state index is 9.87. The molecule has 0 aromatic heterocycles. The Balaban J connectivity index is 2.83. The van der Waals surface area contributed by atoms with Crippen molar-refractivity contribution in [2.45, 2.75) is 0 Å². The molecule has 0 aliphatic rings. The maximum atomic E-state index is 9.87. The molecule has 0 radical (unpaired) electrons. The van der Waals surface area contributed by atoms with Crippen molar-refractivity contribution in [1.82, 2.24) is 0 Å². The largest absolute Gasteiger partial charge is 0.456 e. The molecule has 1 nitrogen and oxygen atoms in total. The molecule has 0 aliphatic carbocycles. The van der Waals surface area contributed by atoms with Gasteiger partial charge in [-0.2, -0.15) is 0 Å². The van der Waals surface area contributed by atoms with E-state index >= 15 is 0 Å². The Morgan fingerprint density at radius 1 is 1.67 bits per heavy atom. The summed E-state index contributed by atoms with van der Waals surface area (Å²) in [4.78, 5) is 0. The van der Waals surface area contributed by atoms with Crippen LogP contribution in [0.5, 0.6) is 0 Å². The summed E-state index contributed by atoms with van der Waals surface area (Å²) in [5.74, 6) is 0.388. The van der Waals surface area contributed by atoms with Crippen molar-refractivity contribution >= 4 is 30.0 Å². The third-order valence-electron chi connectivity index (χ3n) is 0.260. The zero-order valence-corrected chi connectivity index (χ0v) is 5.43. The van der Waals surface area contributed by atoms with Crippen LogP contribution in [0.3, 0.4) is 0 Å². The lowest BCUT2D eigenvalue weighted by Crippen LogP contribution is -1.69. The zero-order chi connectivity index (χ0) is 4.99. The Morgan fingerprint density at radius 2 is 2.17 bits per heavy atom. The smallest absolute Gasteiger partial charge is 0.122 e. The van der Waals surface area contributed by atoms with Gasteiger partial charge in [-0.25, -0.2) is 0 Å². The Kier molecular flexibility index (Phi) is 4.29. The minimum absolute atomic E-state index is 0.388. The third-order valence-corrected chi connectivity index (χ3v) is 1.80. The van der Waals surface area contributed by atoms with Crippen LogP contribution < -0.4 is 0 Å². The van der Waals surface area contributed by atoms with Gasteiger partial charge in [0.15, 0.2) is 6.16 Å². The predicted octanol–water partition coefficient (Wildman–Crippen LogP) is 2.21. The van der Waals surface area contributed by atoms with Crippen LogP contribution in [0.4, 0.5) is 0 Å². The zero-order valence-electron chi connectivity index (χ0n) is 3.03. The Labute approximate surface area is 47.2 Å². The van der Waals surface area contributed by atoms with E-state index in [1.807, 2.05) is 0 Å². The van der Waals surface area contributed by atoms with Crippen molar-refractivity contribution in [2.24, 2.45) is 0 Å². The number of hydrogen-bond donors (Lipinski definition) is 0. The molecule has 0 aliphatic heterocycles. The molecule has 0 heterocycles. The predicted molar refractivity (Wildman–Crippen MR) is 29.0 cm³/mol. The molecule has 0 amide bonds. The van der Waals surface area contributed by atoms with Gasteiger partial charge in [-0.3, -0.25) is 0 Å². The molecular formula is C2H4Cl2OP+. The van der Waals surface area contributed by atoms with E-state index in [1.165, 1.54) is 0 Å². The highest BCUT2D eigenvalue weighted by Gasteiger charge is 2.06. The first-order valence-electron chi connectivity index (χ1n) is 1.44. The first-order valence-corrected chi connectivity index (χ1v) is 4.32. The number of rotatable bonds is 2. The molecule has 0 fully saturated rings. The number of alkyl halides is 1. The minimum Gasteiger partial charge on any atom is -0.122 e. The van der Waals surface area contributed by atoms with E-state index in [1.54, 1.807) is 0 Å². The van der Waals surface area contributed by atoms with Gasteiger partial charge in [0.05, 0.1) is 5.88 Å². The molecule has 0 saturated heterocycles. The van der Waals surface area contributed by atoms with Gasteiger partial charge >= 0.3 is 7.15 Å². The van der Waals surface area contributed by atoms with Crippen LogP contribution in [0.1, 0.15) is 0 Å². The molecule has 1 atom stereocenters. The summed E-state index contributed by atoms with van der Waals surface area (Å²) in [5, 5.41) is 0. The monoisotopic (exact) mass is 145 g/mol. The van der Waals surface area contributed by atoms with Gasteiger partial charge in [-0.15, -0.1) is 11.6 Å². The Hall–Kier alpha value is 0.680. The topological polar surface area (TPSA) is 17.1 Å². The average Bonchev–Trinajstić information content (AvgIpc) is 1.35. The van der Waals surface area contributed by atoms with Crippen LogP contribution in [-0.4, -0.2) is 12.0 Å². The number of hydrogen-bond acceptors (Lipinski definition) is 1. The van der Waals surface area contributed by atoms with Crippen molar-refractivity contribution < 1.29 is 4.57 Å². The quantitative estimate of drug-likeness (QED) is 0.431. The van der Waals surface area contributed by atoms with Gasteiger partial charge in [0.1, 0.15) is 0 Å². The summed E-state index contributed by atoms with van der Waals surface area (Å²) in [6.07, 6.45) is 0.415. The van der Waals surface area contributed by atoms with Gasteiger partial charge < -0.3 is 0 Å². The van der Waals surface area contributed by atoms with Crippen LogP contribution in [0, 0.1) is 0 Å². The average molecular weight is 146 g/mol. The molecule has 1 unspecified atom stereocenters. The fraction of sp³-hybridized carbons (Fsp3) is 1.00. The van der Waals surface area contributed by atoms with E-state index in [0.717, 1.165) is 0 Å². The van der Waals surface area contributed by atoms with E-state index in [0.29, 0.717) is 12.0 Å². The standard InChI is InChI=1S/C2H4Cl2OP/c3-1-2-6(4)5/h1-2H2/q+1. The fourth-order valence-corrected chi connectivity index (χ4v) is 1.17. The second-order valence-corrected chi connectivity index (χ2v) is 3.32. The van der Waals surface area contributed by atoms with E-state index in [2.05, 4.69) is 0 Å². The summed E-state index contributed by atoms with van der Waals surface area (Å²) in [6.45, 7) is 0. The second kappa shape index (κ2) is 3.86. The van der Waals surface area contributed by atoms with Crippen molar-refractivity contribution in [2.75, 3.05) is 12.0 Å². The third kappa shape index (κ3) is 4.68. The minimum atomic E-state index is -1.51. The van der Waals surface area contributed by atoms with Crippen molar-refractivity contribution in [3.63, 3.8) is 0 Å². The lowest BCUT2D eigenvalue weighted by molar-refractivity contribution is 0.596. The molecule has 0 rings (SSSR count). The summed E-state index contributed by atoms with van der Waals surface area (Å²) in [5.41, 5.74) is 0. The molecule has 4 heteroatoms. The van der Waals surface area contributed by atoms with Crippen molar-refractivity contribution in [3.8, 4) is 0 Å². The van der Waals surface area contributed by atoms with E-state index in [-0.39, 0.29) is 0 Å². The van der Waals surface area contributed by atoms with Crippen molar-refractivity contribution in [3.05, 3.63) is 0 Å². The number of halogens is 2. The first kappa shape index (κ1) is 6.68. The van der Waals surface area contributed by atoms with Gasteiger partial charge in [-0.05, 0) is 0 Å². The van der Waals surface area contributed by atoms with Gasteiger partial charge in [-0.1, -0.05) is 4.57 Å². The van der Waals surface area contributed by atoms with E-state index in [4.69, 9.17) is 22.8 Å². The van der Waals surface area contributed by atoms with Crippen molar-refractivity contribution in [1.29, 1.82) is 0 Å². The van der Waals surface area contributed by atoms with Crippen LogP contribution >= 0.6 is 30.0 Å². The molecule has 0 spiro atoms. The van der Waals surface area contributed by atoms with Gasteiger partial charge in [0, 0.05) is 0 Å². The van der Waals surface area contributed by atoms with Crippen LogP contribution in [0.2, 0.25) is 0 Å². The van der Waals surface area contributed by atoms with Crippen LogP contribution in [0.25, 0.3) is 0 Å². The van der Waals surface area contributed by atoms with Gasteiger partial charge in [0.2, 0.25) is 11.2 Å². The highest BCUT2D eigenvalue weighted by Crippen LogP contribution is 2.25. The molecule has 0 N–H and O–H groups in total. The van der Waals surface area contributed by atoms with Crippen LogP contribution in [0.15, 0.2) is 0 Å².